The van der Waals surface area contributed by atoms with Crippen LogP contribution in [0.3, 0.4) is 0 Å². The molecule has 90 valence electrons. The van der Waals surface area contributed by atoms with Crippen LogP contribution in [0, 0.1) is 13.8 Å². The van der Waals surface area contributed by atoms with E-state index in [0.717, 1.165) is 31.6 Å². The van der Waals surface area contributed by atoms with Gasteiger partial charge in [-0.2, -0.15) is 5.10 Å². The molecule has 0 spiro atoms. The summed E-state index contributed by atoms with van der Waals surface area (Å²) in [6.45, 7) is 8.06. The highest BCUT2D eigenvalue weighted by atomic mass is 35.5. The molecule has 2 N–H and O–H groups in total. The van der Waals surface area contributed by atoms with Crippen LogP contribution < -0.4 is 5.73 Å². The minimum atomic E-state index is 0. The third-order valence-corrected chi connectivity index (χ3v) is 2.46. The Kier molecular flexibility index (Phi) is 9.11. The lowest BCUT2D eigenvalue weighted by molar-refractivity contribution is 0.567. The average molecular weight is 254 g/mol. The molecule has 5 heteroatoms. The monoisotopic (exact) mass is 253 g/mol. The number of halogens is 2. The maximum absolute atomic E-state index is 5.46. The summed E-state index contributed by atoms with van der Waals surface area (Å²) >= 11 is 0. The number of nitrogens with zero attached hydrogens (tertiary/aromatic N) is 2. The highest BCUT2D eigenvalue weighted by Gasteiger charge is 2.08. The van der Waals surface area contributed by atoms with E-state index in [4.69, 9.17) is 5.73 Å². The van der Waals surface area contributed by atoms with Gasteiger partial charge in [-0.3, -0.25) is 4.68 Å². The van der Waals surface area contributed by atoms with E-state index in [1.54, 1.807) is 0 Å². The summed E-state index contributed by atoms with van der Waals surface area (Å²) < 4.78 is 2.07. The van der Waals surface area contributed by atoms with Gasteiger partial charge in [0.15, 0.2) is 0 Å². The van der Waals surface area contributed by atoms with Gasteiger partial charge < -0.3 is 5.73 Å². The van der Waals surface area contributed by atoms with Crippen LogP contribution in [0.4, 0.5) is 0 Å². The normalized spacial score (nSPS) is 9.33. The van der Waals surface area contributed by atoms with Crippen LogP contribution >= 0.6 is 24.8 Å². The smallest absolute Gasteiger partial charge is 0.0628 e. The predicted molar refractivity (Wildman–Crippen MR) is 69.2 cm³/mol. The van der Waals surface area contributed by atoms with Crippen LogP contribution in [-0.2, 0) is 13.0 Å². The van der Waals surface area contributed by atoms with Crippen LogP contribution in [0.2, 0.25) is 0 Å². The Labute approximate surface area is 104 Å². The fourth-order valence-electron chi connectivity index (χ4n) is 1.70. The average Bonchev–Trinajstić information content (AvgIpc) is 2.38. The van der Waals surface area contributed by atoms with Crippen molar-refractivity contribution >= 4 is 24.8 Å². The second-order valence-corrected chi connectivity index (χ2v) is 3.37. The molecule has 0 unspecified atom stereocenters. The second-order valence-electron chi connectivity index (χ2n) is 3.37. The molecule has 15 heavy (non-hydrogen) atoms. The van der Waals surface area contributed by atoms with Crippen LogP contribution in [0.25, 0.3) is 0 Å². The van der Waals surface area contributed by atoms with Gasteiger partial charge in [-0.05, 0) is 38.8 Å². The summed E-state index contributed by atoms with van der Waals surface area (Å²) in [5, 5.41) is 4.48. The highest BCUT2D eigenvalue weighted by Crippen LogP contribution is 2.13. The molecule has 0 saturated carbocycles. The zero-order valence-electron chi connectivity index (χ0n) is 9.62. The SMILES string of the molecule is CCc1c(C)nn(CCCN)c1C.Cl.Cl. The predicted octanol–water partition coefficient (Wildman–Crippen LogP) is 2.25. The fraction of sp³-hybridized carbons (Fsp3) is 0.700. The molecule has 0 aliphatic carbocycles. The first-order valence-electron chi connectivity index (χ1n) is 4.93. The van der Waals surface area contributed by atoms with E-state index >= 15 is 0 Å². The Morgan fingerprint density at radius 1 is 1.27 bits per heavy atom. The van der Waals surface area contributed by atoms with Gasteiger partial charge >= 0.3 is 0 Å². The van der Waals surface area contributed by atoms with Gasteiger partial charge in [-0.25, -0.2) is 0 Å². The summed E-state index contributed by atoms with van der Waals surface area (Å²) in [6, 6.07) is 0. The molecule has 1 heterocycles. The molecular weight excluding hydrogens is 233 g/mol. The topological polar surface area (TPSA) is 43.8 Å². The zero-order chi connectivity index (χ0) is 9.84. The summed E-state index contributed by atoms with van der Waals surface area (Å²) in [4.78, 5) is 0. The van der Waals surface area contributed by atoms with Gasteiger partial charge in [-0.1, -0.05) is 6.92 Å². The van der Waals surface area contributed by atoms with Crippen molar-refractivity contribution in [3.8, 4) is 0 Å². The van der Waals surface area contributed by atoms with E-state index in [1.807, 2.05) is 0 Å². The minimum Gasteiger partial charge on any atom is -0.330 e. The number of hydrogen-bond donors (Lipinski definition) is 1. The van der Waals surface area contributed by atoms with E-state index < -0.39 is 0 Å². The Bertz CT molecular complexity index is 284. The maximum atomic E-state index is 5.46. The third-order valence-electron chi connectivity index (χ3n) is 2.46. The second kappa shape index (κ2) is 7.97. The van der Waals surface area contributed by atoms with Gasteiger partial charge in [-0.15, -0.1) is 24.8 Å². The van der Waals surface area contributed by atoms with Crippen LogP contribution in [-0.4, -0.2) is 16.3 Å². The van der Waals surface area contributed by atoms with Gasteiger partial charge in [0.2, 0.25) is 0 Å². The number of aryl methyl sites for hydroxylation is 2. The quantitative estimate of drug-likeness (QED) is 0.895. The van der Waals surface area contributed by atoms with E-state index in [9.17, 15) is 0 Å². The van der Waals surface area contributed by atoms with Crippen molar-refractivity contribution in [3.63, 3.8) is 0 Å². The molecule has 0 fully saturated rings. The van der Waals surface area contributed by atoms with Crippen molar-refractivity contribution in [3.05, 3.63) is 17.0 Å². The van der Waals surface area contributed by atoms with Gasteiger partial charge in [0.05, 0.1) is 5.69 Å². The van der Waals surface area contributed by atoms with Gasteiger partial charge in [0.25, 0.3) is 0 Å². The molecule has 0 radical (unpaired) electrons. The number of aromatic nitrogens is 2. The largest absolute Gasteiger partial charge is 0.330 e. The third kappa shape index (κ3) is 4.01. The maximum Gasteiger partial charge on any atom is 0.0628 e. The molecule has 0 bridgehead atoms. The summed E-state index contributed by atoms with van der Waals surface area (Å²) in [7, 11) is 0. The van der Waals surface area contributed by atoms with Crippen LogP contribution in [0.5, 0.6) is 0 Å². The van der Waals surface area contributed by atoms with Crippen molar-refractivity contribution in [1.29, 1.82) is 0 Å². The molecule has 0 atom stereocenters. The molecule has 0 aliphatic rings. The lowest BCUT2D eigenvalue weighted by Gasteiger charge is -2.02. The Balaban J connectivity index is 0. The molecule has 0 saturated heterocycles. The van der Waals surface area contributed by atoms with Crippen molar-refractivity contribution < 1.29 is 0 Å². The molecule has 0 amide bonds. The summed E-state index contributed by atoms with van der Waals surface area (Å²) in [5.41, 5.74) is 9.31. The molecule has 0 aliphatic heterocycles. The first-order chi connectivity index (χ1) is 6.20. The fourth-order valence-corrected chi connectivity index (χ4v) is 1.70. The zero-order valence-corrected chi connectivity index (χ0v) is 11.2. The lowest BCUT2D eigenvalue weighted by Crippen LogP contribution is -2.08. The number of nitrogens with two attached hydrogens (primary N) is 1. The van der Waals surface area contributed by atoms with E-state index in [1.165, 1.54) is 11.3 Å². The molecule has 0 aromatic carbocycles. The van der Waals surface area contributed by atoms with Gasteiger partial charge in [0, 0.05) is 12.2 Å². The van der Waals surface area contributed by atoms with Gasteiger partial charge in [0.1, 0.15) is 0 Å². The van der Waals surface area contributed by atoms with Crippen molar-refractivity contribution in [2.75, 3.05) is 6.54 Å². The number of hydrogen-bond acceptors (Lipinski definition) is 2. The first kappa shape index (κ1) is 17.2. The van der Waals surface area contributed by atoms with E-state index in [2.05, 4.69) is 30.6 Å². The summed E-state index contributed by atoms with van der Waals surface area (Å²) in [6.07, 6.45) is 2.07. The Morgan fingerprint density at radius 3 is 2.27 bits per heavy atom. The molecule has 3 nitrogen and oxygen atoms in total. The number of rotatable bonds is 4. The Hall–Kier alpha value is -0.250. The summed E-state index contributed by atoms with van der Waals surface area (Å²) in [5.74, 6) is 0. The standard InChI is InChI=1S/C10H19N3.2ClH/c1-4-10-8(2)12-13(9(10)3)7-5-6-11;;/h4-7,11H2,1-3H3;2*1H. The van der Waals surface area contributed by atoms with Crippen molar-refractivity contribution in [2.24, 2.45) is 5.73 Å². The molecular formula is C10H21Cl2N3. The van der Waals surface area contributed by atoms with Crippen molar-refractivity contribution in [1.82, 2.24) is 9.78 Å². The van der Waals surface area contributed by atoms with Crippen LogP contribution in [0.15, 0.2) is 0 Å². The minimum absolute atomic E-state index is 0. The molecule has 1 aromatic rings. The van der Waals surface area contributed by atoms with Crippen molar-refractivity contribution in [2.45, 2.75) is 40.2 Å². The van der Waals surface area contributed by atoms with Crippen LogP contribution in [0.1, 0.15) is 30.3 Å². The highest BCUT2D eigenvalue weighted by molar-refractivity contribution is 5.85. The van der Waals surface area contributed by atoms with E-state index in [-0.39, 0.29) is 24.8 Å². The Morgan fingerprint density at radius 2 is 1.87 bits per heavy atom. The lowest BCUT2D eigenvalue weighted by atomic mass is 10.1. The van der Waals surface area contributed by atoms with E-state index in [0.29, 0.717) is 0 Å². The first-order valence-corrected chi connectivity index (χ1v) is 4.93. The molecule has 1 aromatic heterocycles. The molecule has 1 rings (SSSR count).